The number of carbonyl (C=O) groups excluding carboxylic acids is 1. The zero-order chi connectivity index (χ0) is 24.2. The van der Waals surface area contributed by atoms with Crippen molar-refractivity contribution in [3.63, 3.8) is 0 Å². The molecule has 0 unspecified atom stereocenters. The summed E-state index contributed by atoms with van der Waals surface area (Å²) in [7, 11) is 0. The number of rotatable bonds is 6. The van der Waals surface area contributed by atoms with Gasteiger partial charge >= 0.3 is 11.2 Å². The Labute approximate surface area is 193 Å². The molecule has 1 heterocycles. The molecule has 1 amide bonds. The lowest BCUT2D eigenvalue weighted by Crippen LogP contribution is -2.40. The average Bonchev–Trinajstić information content (AvgIpc) is 2.82. The number of nitrogens with one attached hydrogen (secondary N) is 3. The van der Waals surface area contributed by atoms with E-state index in [0.29, 0.717) is 16.8 Å². The van der Waals surface area contributed by atoms with Gasteiger partial charge in [0.25, 0.3) is 5.91 Å². The largest absolute Gasteiger partial charge is 0.421 e. The minimum Gasteiger partial charge on any atom is -0.421 e. The van der Waals surface area contributed by atoms with Crippen molar-refractivity contribution < 1.29 is 14.4 Å². The number of aromatic nitrogens is 2. The van der Waals surface area contributed by atoms with Crippen molar-refractivity contribution in [2.24, 2.45) is 0 Å². The van der Waals surface area contributed by atoms with Crippen LogP contribution < -0.4 is 21.9 Å². The second-order valence-corrected chi connectivity index (χ2v) is 7.68. The maximum Gasteiger partial charge on any atom is 0.363 e. The van der Waals surface area contributed by atoms with Gasteiger partial charge in [-0.25, -0.2) is 9.18 Å². The van der Waals surface area contributed by atoms with Crippen LogP contribution in [0.5, 0.6) is 0 Å². The van der Waals surface area contributed by atoms with E-state index in [0.717, 1.165) is 11.1 Å². The first-order valence-electron chi connectivity index (χ1n) is 10.4. The zero-order valence-corrected chi connectivity index (χ0v) is 18.1. The molecule has 4 N–H and O–H groups in total. The van der Waals surface area contributed by atoms with Crippen molar-refractivity contribution >= 4 is 17.4 Å². The molecule has 9 heteroatoms. The molecule has 0 radical (unpaired) electrons. The standard InChI is InChI=1S/C25H21FN4O4/c1-15-11-16(13-19(26)12-15)14-27-23(31)21-22(29-25(33)30(34)24(21)32)28-20-9-7-18(8-10-20)17-5-3-2-4-6-17/h2-13,28,34H,14H2,1H3,(H,27,31)(H,29,33). The van der Waals surface area contributed by atoms with Gasteiger partial charge in [0.1, 0.15) is 17.2 Å². The minimum absolute atomic E-state index is 0.0629. The van der Waals surface area contributed by atoms with Gasteiger partial charge in [0.2, 0.25) is 0 Å². The summed E-state index contributed by atoms with van der Waals surface area (Å²) >= 11 is 0. The van der Waals surface area contributed by atoms with E-state index < -0.39 is 28.5 Å². The van der Waals surface area contributed by atoms with Crippen LogP contribution in [0.15, 0.2) is 82.4 Å². The predicted octanol–water partition coefficient (Wildman–Crippen LogP) is 3.56. The van der Waals surface area contributed by atoms with E-state index in [-0.39, 0.29) is 17.1 Å². The Kier molecular flexibility index (Phi) is 6.26. The fourth-order valence-electron chi connectivity index (χ4n) is 3.54. The number of hydrogen-bond donors (Lipinski definition) is 4. The Morgan fingerprint density at radius 1 is 1.00 bits per heavy atom. The molecule has 1 aromatic heterocycles. The molecule has 4 rings (SSSR count). The van der Waals surface area contributed by atoms with Crippen molar-refractivity contribution in [3.8, 4) is 11.1 Å². The van der Waals surface area contributed by atoms with Crippen LogP contribution in [-0.2, 0) is 6.54 Å². The highest BCUT2D eigenvalue weighted by Gasteiger charge is 2.21. The summed E-state index contributed by atoms with van der Waals surface area (Å²) in [6, 6.07) is 21.1. The number of halogens is 1. The number of anilines is 2. The molecular formula is C25H21FN4O4. The van der Waals surface area contributed by atoms with Crippen LogP contribution in [0.2, 0.25) is 0 Å². The van der Waals surface area contributed by atoms with E-state index in [1.54, 1.807) is 25.1 Å². The topological polar surface area (TPSA) is 116 Å². The van der Waals surface area contributed by atoms with Gasteiger partial charge in [-0.05, 0) is 53.4 Å². The Morgan fingerprint density at radius 3 is 2.35 bits per heavy atom. The summed E-state index contributed by atoms with van der Waals surface area (Å²) in [5, 5.41) is 15.1. The molecule has 0 bridgehead atoms. The normalized spacial score (nSPS) is 10.6. The monoisotopic (exact) mass is 460 g/mol. The summed E-state index contributed by atoms with van der Waals surface area (Å²) in [4.78, 5) is 39.6. The Bertz CT molecular complexity index is 1440. The van der Waals surface area contributed by atoms with Crippen molar-refractivity contribution in [1.29, 1.82) is 0 Å². The number of aromatic amines is 1. The zero-order valence-electron chi connectivity index (χ0n) is 18.1. The summed E-state index contributed by atoms with van der Waals surface area (Å²) < 4.78 is 13.5. The third-order valence-corrected chi connectivity index (χ3v) is 5.12. The molecule has 0 aliphatic heterocycles. The van der Waals surface area contributed by atoms with Gasteiger partial charge in [0.15, 0.2) is 0 Å². The quantitative estimate of drug-likeness (QED) is 0.328. The van der Waals surface area contributed by atoms with E-state index in [2.05, 4.69) is 15.6 Å². The van der Waals surface area contributed by atoms with Crippen LogP contribution in [0.1, 0.15) is 21.5 Å². The van der Waals surface area contributed by atoms with Gasteiger partial charge in [0.05, 0.1) is 0 Å². The molecule has 8 nitrogen and oxygen atoms in total. The Morgan fingerprint density at radius 2 is 1.68 bits per heavy atom. The lowest BCUT2D eigenvalue weighted by atomic mass is 10.1. The molecule has 0 fully saturated rings. The number of benzene rings is 3. The highest BCUT2D eigenvalue weighted by atomic mass is 19.1. The fraction of sp³-hybridized carbons (Fsp3) is 0.0800. The lowest BCUT2D eigenvalue weighted by Gasteiger charge is -2.13. The molecule has 0 aliphatic rings. The van der Waals surface area contributed by atoms with E-state index in [4.69, 9.17) is 0 Å². The van der Waals surface area contributed by atoms with E-state index in [1.807, 2.05) is 42.5 Å². The minimum atomic E-state index is -1.19. The van der Waals surface area contributed by atoms with Gasteiger partial charge in [-0.15, -0.1) is 0 Å². The molecule has 4 aromatic rings. The van der Waals surface area contributed by atoms with Gasteiger partial charge in [0, 0.05) is 12.2 Å². The predicted molar refractivity (Wildman–Crippen MR) is 126 cm³/mol. The van der Waals surface area contributed by atoms with E-state index >= 15 is 0 Å². The average molecular weight is 460 g/mol. The van der Waals surface area contributed by atoms with Crippen LogP contribution in [0, 0.1) is 12.7 Å². The van der Waals surface area contributed by atoms with Crippen LogP contribution >= 0.6 is 0 Å². The maximum atomic E-state index is 13.6. The second kappa shape index (κ2) is 9.45. The van der Waals surface area contributed by atoms with Crippen molar-refractivity contribution in [3.05, 3.63) is 116 Å². The van der Waals surface area contributed by atoms with E-state index in [1.165, 1.54) is 12.1 Å². The fourth-order valence-corrected chi connectivity index (χ4v) is 3.54. The highest BCUT2D eigenvalue weighted by molar-refractivity contribution is 5.99. The molecule has 34 heavy (non-hydrogen) atoms. The first kappa shape index (κ1) is 22.5. The molecular weight excluding hydrogens is 439 g/mol. The molecule has 172 valence electrons. The molecule has 3 aromatic carbocycles. The summed E-state index contributed by atoms with van der Waals surface area (Å²) in [6.45, 7) is 1.65. The molecule has 0 aliphatic carbocycles. The van der Waals surface area contributed by atoms with Crippen LogP contribution in [0.3, 0.4) is 0 Å². The summed E-state index contributed by atoms with van der Waals surface area (Å²) in [5.41, 5.74) is 0.832. The Hall–Kier alpha value is -4.66. The van der Waals surface area contributed by atoms with Crippen molar-refractivity contribution in [2.45, 2.75) is 13.5 Å². The third-order valence-electron chi connectivity index (χ3n) is 5.12. The highest BCUT2D eigenvalue weighted by Crippen LogP contribution is 2.23. The van der Waals surface area contributed by atoms with Gasteiger partial charge in [-0.3, -0.25) is 14.6 Å². The molecule has 0 atom stereocenters. The number of nitrogens with zero attached hydrogens (tertiary/aromatic N) is 1. The first-order valence-corrected chi connectivity index (χ1v) is 10.4. The van der Waals surface area contributed by atoms with E-state index in [9.17, 15) is 24.0 Å². The lowest BCUT2D eigenvalue weighted by molar-refractivity contribution is 0.0940. The van der Waals surface area contributed by atoms with Gasteiger partial charge < -0.3 is 15.8 Å². The van der Waals surface area contributed by atoms with Gasteiger partial charge in [-0.2, -0.15) is 0 Å². The summed E-state index contributed by atoms with van der Waals surface area (Å²) in [5.74, 6) is -1.48. The van der Waals surface area contributed by atoms with Crippen LogP contribution in [0.25, 0.3) is 11.1 Å². The maximum absolute atomic E-state index is 13.6. The number of hydrogen-bond acceptors (Lipinski definition) is 5. The van der Waals surface area contributed by atoms with Crippen molar-refractivity contribution in [1.82, 2.24) is 15.0 Å². The number of aryl methyl sites for hydroxylation is 1. The van der Waals surface area contributed by atoms with Crippen LogP contribution in [-0.4, -0.2) is 20.8 Å². The number of H-pyrrole nitrogens is 1. The third kappa shape index (κ3) is 4.88. The Balaban J connectivity index is 1.61. The van der Waals surface area contributed by atoms with Gasteiger partial charge in [-0.1, -0.05) is 53.3 Å². The molecule has 0 spiro atoms. The smallest absolute Gasteiger partial charge is 0.363 e. The SMILES string of the molecule is Cc1cc(F)cc(CNC(=O)c2c(Nc3ccc(-c4ccccc4)cc3)[nH]c(=O)n(O)c2=O)c1. The summed E-state index contributed by atoms with van der Waals surface area (Å²) in [6.07, 6.45) is 0. The molecule has 0 saturated carbocycles. The van der Waals surface area contributed by atoms with Crippen molar-refractivity contribution in [2.75, 3.05) is 5.32 Å². The number of carbonyl (C=O) groups is 1. The second-order valence-electron chi connectivity index (χ2n) is 7.68. The molecule has 0 saturated heterocycles. The van der Waals surface area contributed by atoms with Crippen LogP contribution in [0.4, 0.5) is 15.9 Å². The number of amides is 1. The first-order chi connectivity index (χ1) is 16.3.